The van der Waals surface area contributed by atoms with Gasteiger partial charge in [0.2, 0.25) is 5.91 Å². The number of hydrogen-bond acceptors (Lipinski definition) is 3. The van der Waals surface area contributed by atoms with Gasteiger partial charge in [-0.3, -0.25) is 9.78 Å². The number of aromatic nitrogens is 1. The first-order valence-electron chi connectivity index (χ1n) is 6.36. The van der Waals surface area contributed by atoms with Crippen LogP contribution in [0.15, 0.2) is 48.7 Å². The molecular weight excluding hydrogens is 250 g/mol. The Morgan fingerprint density at radius 3 is 2.65 bits per heavy atom. The molecule has 1 heterocycles. The molecule has 0 unspecified atom stereocenters. The quantitative estimate of drug-likeness (QED) is 0.659. The van der Waals surface area contributed by atoms with Crippen LogP contribution >= 0.6 is 0 Å². The van der Waals surface area contributed by atoms with E-state index in [0.29, 0.717) is 12.2 Å². The predicted molar refractivity (Wildman–Crippen MR) is 80.7 cm³/mol. The first-order chi connectivity index (χ1) is 9.63. The summed E-state index contributed by atoms with van der Waals surface area (Å²) in [6, 6.07) is 11.2. The van der Waals surface area contributed by atoms with Gasteiger partial charge in [0.1, 0.15) is 0 Å². The van der Waals surface area contributed by atoms with E-state index in [1.54, 1.807) is 24.4 Å². The largest absolute Gasteiger partial charge is 0.399 e. The van der Waals surface area contributed by atoms with Crippen molar-refractivity contribution in [1.82, 2.24) is 10.3 Å². The highest BCUT2D eigenvalue weighted by Crippen LogP contribution is 2.06. The topological polar surface area (TPSA) is 68.0 Å². The molecule has 0 aliphatic heterocycles. The number of nitrogen functional groups attached to an aromatic ring is 1. The minimum Gasteiger partial charge on any atom is -0.399 e. The number of carbonyl (C=O) groups excluding carboxylic acids is 1. The third kappa shape index (κ3) is 4.24. The van der Waals surface area contributed by atoms with E-state index in [0.717, 1.165) is 16.8 Å². The third-order valence-corrected chi connectivity index (χ3v) is 2.80. The second-order valence-electron chi connectivity index (χ2n) is 4.53. The van der Waals surface area contributed by atoms with Crippen LogP contribution in [0.4, 0.5) is 5.69 Å². The molecule has 1 amide bonds. The maximum atomic E-state index is 11.7. The summed E-state index contributed by atoms with van der Waals surface area (Å²) in [7, 11) is 0. The van der Waals surface area contributed by atoms with Gasteiger partial charge in [0.15, 0.2) is 0 Å². The molecule has 0 saturated heterocycles. The monoisotopic (exact) mass is 267 g/mol. The number of amides is 1. The van der Waals surface area contributed by atoms with Gasteiger partial charge in [-0.25, -0.2) is 0 Å². The molecule has 0 atom stereocenters. The number of nitrogens with zero attached hydrogens (tertiary/aromatic N) is 1. The number of nitrogens with one attached hydrogen (secondary N) is 1. The number of aryl methyl sites for hydroxylation is 1. The molecule has 2 rings (SSSR count). The summed E-state index contributed by atoms with van der Waals surface area (Å²) in [4.78, 5) is 15.9. The van der Waals surface area contributed by atoms with Crippen LogP contribution in [0.3, 0.4) is 0 Å². The van der Waals surface area contributed by atoms with Crippen LogP contribution in [-0.2, 0) is 11.3 Å². The fourth-order valence-electron chi connectivity index (χ4n) is 1.63. The van der Waals surface area contributed by atoms with Gasteiger partial charge in [0.25, 0.3) is 0 Å². The molecule has 2 aromatic rings. The zero-order valence-corrected chi connectivity index (χ0v) is 11.3. The van der Waals surface area contributed by atoms with Crippen LogP contribution in [0.2, 0.25) is 0 Å². The van der Waals surface area contributed by atoms with Gasteiger partial charge in [0.05, 0.1) is 0 Å². The lowest BCUT2D eigenvalue weighted by Crippen LogP contribution is -2.20. The van der Waals surface area contributed by atoms with Crippen molar-refractivity contribution in [1.29, 1.82) is 0 Å². The van der Waals surface area contributed by atoms with Crippen molar-refractivity contribution in [2.75, 3.05) is 5.73 Å². The van der Waals surface area contributed by atoms with Crippen molar-refractivity contribution in [3.63, 3.8) is 0 Å². The minimum atomic E-state index is -0.137. The van der Waals surface area contributed by atoms with Crippen molar-refractivity contribution < 1.29 is 4.79 Å². The second kappa shape index (κ2) is 6.52. The first-order valence-corrected chi connectivity index (χ1v) is 6.36. The SMILES string of the molecule is Cc1ccc(CNC(=O)/C=C/c2ccc(N)cc2)cn1. The lowest BCUT2D eigenvalue weighted by atomic mass is 10.2. The first kappa shape index (κ1) is 13.8. The number of carbonyl (C=O) groups is 1. The molecule has 0 radical (unpaired) electrons. The lowest BCUT2D eigenvalue weighted by Gasteiger charge is -2.02. The lowest BCUT2D eigenvalue weighted by molar-refractivity contribution is -0.116. The normalized spacial score (nSPS) is 10.7. The molecule has 4 nitrogen and oxygen atoms in total. The summed E-state index contributed by atoms with van der Waals surface area (Å²) in [5.74, 6) is -0.137. The summed E-state index contributed by atoms with van der Waals surface area (Å²) in [5.41, 5.74) is 9.18. The zero-order valence-electron chi connectivity index (χ0n) is 11.3. The van der Waals surface area contributed by atoms with Gasteiger partial charge in [0, 0.05) is 30.2 Å². The Labute approximate surface area is 118 Å². The summed E-state index contributed by atoms with van der Waals surface area (Å²) >= 11 is 0. The van der Waals surface area contributed by atoms with Crippen LogP contribution in [0.5, 0.6) is 0 Å². The molecule has 3 N–H and O–H groups in total. The van der Waals surface area contributed by atoms with Crippen LogP contribution in [-0.4, -0.2) is 10.9 Å². The number of rotatable bonds is 4. The summed E-state index contributed by atoms with van der Waals surface area (Å²) in [5, 5.41) is 2.81. The molecule has 1 aromatic heterocycles. The maximum absolute atomic E-state index is 11.7. The van der Waals surface area contributed by atoms with E-state index >= 15 is 0 Å². The van der Waals surface area contributed by atoms with Gasteiger partial charge in [-0.1, -0.05) is 18.2 Å². The molecule has 1 aromatic carbocycles. The number of nitrogens with two attached hydrogens (primary N) is 1. The van der Waals surface area contributed by atoms with Crippen LogP contribution in [0.25, 0.3) is 6.08 Å². The molecule has 4 heteroatoms. The number of benzene rings is 1. The van der Waals surface area contributed by atoms with Gasteiger partial charge in [-0.05, 0) is 42.3 Å². The number of hydrogen-bond donors (Lipinski definition) is 2. The predicted octanol–water partition coefficient (Wildman–Crippen LogP) is 2.30. The highest BCUT2D eigenvalue weighted by Gasteiger charge is 1.97. The highest BCUT2D eigenvalue weighted by molar-refractivity contribution is 5.91. The molecule has 0 aliphatic rings. The van der Waals surface area contributed by atoms with Crippen LogP contribution in [0, 0.1) is 6.92 Å². The summed E-state index contributed by atoms with van der Waals surface area (Å²) in [6.07, 6.45) is 5.02. The standard InChI is InChI=1S/C16H17N3O/c1-12-2-3-14(10-18-12)11-19-16(20)9-6-13-4-7-15(17)8-5-13/h2-10H,11,17H2,1H3,(H,19,20)/b9-6+. The average molecular weight is 267 g/mol. The summed E-state index contributed by atoms with van der Waals surface area (Å²) < 4.78 is 0. The molecule has 0 aliphatic carbocycles. The minimum absolute atomic E-state index is 0.137. The van der Waals surface area contributed by atoms with Gasteiger partial charge in [-0.15, -0.1) is 0 Å². The van der Waals surface area contributed by atoms with Gasteiger partial charge >= 0.3 is 0 Å². The van der Waals surface area contributed by atoms with E-state index in [-0.39, 0.29) is 5.91 Å². The van der Waals surface area contributed by atoms with E-state index in [1.165, 1.54) is 6.08 Å². The Morgan fingerprint density at radius 1 is 1.25 bits per heavy atom. The van der Waals surface area contributed by atoms with Gasteiger partial charge < -0.3 is 11.1 Å². The molecule has 0 fully saturated rings. The van der Waals surface area contributed by atoms with E-state index in [2.05, 4.69) is 10.3 Å². The number of anilines is 1. The zero-order chi connectivity index (χ0) is 14.4. The maximum Gasteiger partial charge on any atom is 0.244 e. The number of pyridine rings is 1. The highest BCUT2D eigenvalue weighted by atomic mass is 16.1. The van der Waals surface area contributed by atoms with Crippen molar-refractivity contribution >= 4 is 17.7 Å². The Morgan fingerprint density at radius 2 is 2.00 bits per heavy atom. The van der Waals surface area contributed by atoms with Crippen molar-refractivity contribution in [3.05, 3.63) is 65.5 Å². The van der Waals surface area contributed by atoms with E-state index < -0.39 is 0 Å². The third-order valence-electron chi connectivity index (χ3n) is 2.80. The fraction of sp³-hybridized carbons (Fsp3) is 0.125. The Hall–Kier alpha value is -2.62. The van der Waals surface area contributed by atoms with Gasteiger partial charge in [-0.2, -0.15) is 0 Å². The van der Waals surface area contributed by atoms with Crippen molar-refractivity contribution in [3.8, 4) is 0 Å². The Balaban J connectivity index is 1.86. The Kier molecular flexibility index (Phi) is 4.50. The molecule has 20 heavy (non-hydrogen) atoms. The molecule has 102 valence electrons. The molecule has 0 bridgehead atoms. The molecule has 0 saturated carbocycles. The van der Waals surface area contributed by atoms with Crippen molar-refractivity contribution in [2.24, 2.45) is 0 Å². The van der Waals surface area contributed by atoms with Crippen LogP contribution < -0.4 is 11.1 Å². The Bertz CT molecular complexity index is 601. The van der Waals surface area contributed by atoms with E-state index in [4.69, 9.17) is 5.73 Å². The van der Waals surface area contributed by atoms with E-state index in [1.807, 2.05) is 31.2 Å². The summed E-state index contributed by atoms with van der Waals surface area (Å²) in [6.45, 7) is 2.40. The van der Waals surface area contributed by atoms with Crippen LogP contribution in [0.1, 0.15) is 16.8 Å². The molecule has 0 spiro atoms. The van der Waals surface area contributed by atoms with Crippen molar-refractivity contribution in [2.45, 2.75) is 13.5 Å². The fourth-order valence-corrected chi connectivity index (χ4v) is 1.63. The smallest absolute Gasteiger partial charge is 0.244 e. The second-order valence-corrected chi connectivity index (χ2v) is 4.53. The average Bonchev–Trinajstić information content (AvgIpc) is 2.46. The van der Waals surface area contributed by atoms with E-state index in [9.17, 15) is 4.79 Å². The molecular formula is C16H17N3O.